The molecule has 0 amide bonds. The molecule has 1 rings (SSSR count). The van der Waals surface area contributed by atoms with Crippen molar-refractivity contribution in [1.82, 2.24) is 0 Å². The Bertz CT molecular complexity index is 118. The van der Waals surface area contributed by atoms with Gasteiger partial charge in [-0.2, -0.15) is 0 Å². The zero-order valence-electron chi connectivity index (χ0n) is 6.06. The lowest BCUT2D eigenvalue weighted by atomic mass is 9.84. The van der Waals surface area contributed by atoms with Gasteiger partial charge in [0.25, 0.3) is 0 Å². The van der Waals surface area contributed by atoms with E-state index in [0.717, 1.165) is 18.8 Å². The second-order valence-electron chi connectivity index (χ2n) is 3.14. The molecule has 0 spiro atoms. The Morgan fingerprint density at radius 3 is 2.78 bits per heavy atom. The van der Waals surface area contributed by atoms with Gasteiger partial charge in [0.1, 0.15) is 0 Å². The van der Waals surface area contributed by atoms with Gasteiger partial charge in [-0.15, -0.1) is 0 Å². The van der Waals surface area contributed by atoms with E-state index in [1.165, 1.54) is 12.0 Å². The molecule has 1 aliphatic rings. The second-order valence-corrected chi connectivity index (χ2v) is 3.14. The molecule has 0 saturated heterocycles. The summed E-state index contributed by atoms with van der Waals surface area (Å²) in [6.45, 7) is 6.16. The van der Waals surface area contributed by atoms with Crippen molar-refractivity contribution in [3.63, 3.8) is 0 Å². The molecule has 1 saturated carbocycles. The summed E-state index contributed by atoms with van der Waals surface area (Å²) in [5.74, 6) is 0.811. The standard InChI is InChI=1S/C8H15N/c1-6-3-4-7(2)8(9)5-6/h6,8H,2-5,9H2,1H3/t6-,8-/m0/s1. The van der Waals surface area contributed by atoms with E-state index in [1.807, 2.05) is 0 Å². The summed E-state index contributed by atoms with van der Waals surface area (Å²) in [5.41, 5.74) is 7.01. The van der Waals surface area contributed by atoms with Crippen molar-refractivity contribution in [2.24, 2.45) is 11.7 Å². The smallest absolute Gasteiger partial charge is 0.0253 e. The minimum atomic E-state index is 0.286. The monoisotopic (exact) mass is 125 g/mol. The number of rotatable bonds is 0. The molecule has 1 aliphatic carbocycles. The van der Waals surface area contributed by atoms with Crippen LogP contribution in [0.1, 0.15) is 26.2 Å². The average molecular weight is 125 g/mol. The van der Waals surface area contributed by atoms with Crippen LogP contribution in [0.3, 0.4) is 0 Å². The molecule has 0 aromatic heterocycles. The Kier molecular flexibility index (Phi) is 1.91. The Morgan fingerprint density at radius 1 is 1.67 bits per heavy atom. The molecule has 0 heterocycles. The maximum absolute atomic E-state index is 5.77. The molecule has 2 N–H and O–H groups in total. The largest absolute Gasteiger partial charge is 0.324 e. The molecule has 0 unspecified atom stereocenters. The first-order valence-corrected chi connectivity index (χ1v) is 3.63. The van der Waals surface area contributed by atoms with Gasteiger partial charge >= 0.3 is 0 Å². The predicted octanol–water partition coefficient (Wildman–Crippen LogP) is 1.69. The van der Waals surface area contributed by atoms with Crippen LogP contribution < -0.4 is 5.73 Å². The molecule has 9 heavy (non-hydrogen) atoms. The highest BCUT2D eigenvalue weighted by Crippen LogP contribution is 2.25. The van der Waals surface area contributed by atoms with E-state index < -0.39 is 0 Å². The first kappa shape index (κ1) is 6.81. The van der Waals surface area contributed by atoms with Crippen molar-refractivity contribution in [2.75, 3.05) is 0 Å². The fraction of sp³-hybridized carbons (Fsp3) is 0.750. The highest BCUT2D eigenvalue weighted by Gasteiger charge is 2.17. The van der Waals surface area contributed by atoms with Crippen LogP contribution in [0.4, 0.5) is 0 Å². The maximum Gasteiger partial charge on any atom is 0.0253 e. The maximum atomic E-state index is 5.77. The quantitative estimate of drug-likeness (QED) is 0.490. The van der Waals surface area contributed by atoms with Gasteiger partial charge in [0, 0.05) is 6.04 Å². The minimum Gasteiger partial charge on any atom is -0.324 e. The van der Waals surface area contributed by atoms with E-state index >= 15 is 0 Å². The molecule has 0 radical (unpaired) electrons. The SMILES string of the molecule is C=C1CC[C@H](C)C[C@@H]1N. The van der Waals surface area contributed by atoms with Gasteiger partial charge < -0.3 is 5.73 Å². The van der Waals surface area contributed by atoms with Gasteiger partial charge in [-0.05, 0) is 25.2 Å². The van der Waals surface area contributed by atoms with Crippen LogP contribution in [0.2, 0.25) is 0 Å². The predicted molar refractivity (Wildman–Crippen MR) is 40.1 cm³/mol. The molecular weight excluding hydrogens is 110 g/mol. The van der Waals surface area contributed by atoms with Gasteiger partial charge in [0.05, 0.1) is 0 Å². The van der Waals surface area contributed by atoms with Crippen LogP contribution in [-0.4, -0.2) is 6.04 Å². The summed E-state index contributed by atoms with van der Waals surface area (Å²) >= 11 is 0. The highest BCUT2D eigenvalue weighted by atomic mass is 14.6. The van der Waals surface area contributed by atoms with Crippen LogP contribution in [0.15, 0.2) is 12.2 Å². The van der Waals surface area contributed by atoms with Crippen LogP contribution in [-0.2, 0) is 0 Å². The zero-order valence-corrected chi connectivity index (χ0v) is 6.06. The average Bonchev–Trinajstić information content (AvgIpc) is 1.80. The minimum absolute atomic E-state index is 0.286. The van der Waals surface area contributed by atoms with Crippen molar-refractivity contribution >= 4 is 0 Å². The molecule has 1 heteroatoms. The van der Waals surface area contributed by atoms with E-state index in [9.17, 15) is 0 Å². The first-order valence-electron chi connectivity index (χ1n) is 3.63. The van der Waals surface area contributed by atoms with Gasteiger partial charge in [0.15, 0.2) is 0 Å². The Morgan fingerprint density at radius 2 is 2.33 bits per heavy atom. The van der Waals surface area contributed by atoms with E-state index in [4.69, 9.17) is 5.73 Å². The first-order chi connectivity index (χ1) is 4.20. The molecule has 52 valence electrons. The Labute approximate surface area is 56.9 Å². The number of hydrogen-bond donors (Lipinski definition) is 1. The number of nitrogens with two attached hydrogens (primary N) is 1. The van der Waals surface area contributed by atoms with Gasteiger partial charge in [-0.3, -0.25) is 0 Å². The van der Waals surface area contributed by atoms with Crippen LogP contribution in [0, 0.1) is 5.92 Å². The molecule has 2 atom stereocenters. The normalized spacial score (nSPS) is 36.9. The molecule has 1 fully saturated rings. The van der Waals surface area contributed by atoms with E-state index in [2.05, 4.69) is 13.5 Å². The summed E-state index contributed by atoms with van der Waals surface area (Å²) in [5, 5.41) is 0. The Balaban J connectivity index is 2.44. The van der Waals surface area contributed by atoms with Crippen molar-refractivity contribution in [3.05, 3.63) is 12.2 Å². The van der Waals surface area contributed by atoms with E-state index in [1.54, 1.807) is 0 Å². The van der Waals surface area contributed by atoms with Crippen molar-refractivity contribution in [2.45, 2.75) is 32.2 Å². The summed E-state index contributed by atoms with van der Waals surface area (Å²) in [6.07, 6.45) is 3.56. The lowest BCUT2D eigenvalue weighted by molar-refractivity contribution is 0.409. The lowest BCUT2D eigenvalue weighted by Gasteiger charge is -2.25. The molecule has 0 aliphatic heterocycles. The van der Waals surface area contributed by atoms with E-state index in [-0.39, 0.29) is 6.04 Å². The van der Waals surface area contributed by atoms with Crippen molar-refractivity contribution in [1.29, 1.82) is 0 Å². The third-order valence-corrected chi connectivity index (χ3v) is 2.14. The fourth-order valence-electron chi connectivity index (χ4n) is 1.34. The lowest BCUT2D eigenvalue weighted by Crippen LogP contribution is -2.28. The number of hydrogen-bond acceptors (Lipinski definition) is 1. The van der Waals surface area contributed by atoms with E-state index in [0.29, 0.717) is 0 Å². The summed E-state index contributed by atoms with van der Waals surface area (Å²) in [4.78, 5) is 0. The highest BCUT2D eigenvalue weighted by molar-refractivity contribution is 5.07. The third-order valence-electron chi connectivity index (χ3n) is 2.14. The molecule has 0 bridgehead atoms. The zero-order chi connectivity index (χ0) is 6.85. The topological polar surface area (TPSA) is 26.0 Å². The molecular formula is C8H15N. The van der Waals surface area contributed by atoms with Crippen LogP contribution in [0.5, 0.6) is 0 Å². The third kappa shape index (κ3) is 1.55. The molecule has 1 nitrogen and oxygen atoms in total. The van der Waals surface area contributed by atoms with Gasteiger partial charge in [0.2, 0.25) is 0 Å². The van der Waals surface area contributed by atoms with Gasteiger partial charge in [-0.25, -0.2) is 0 Å². The van der Waals surface area contributed by atoms with Crippen LogP contribution in [0.25, 0.3) is 0 Å². The van der Waals surface area contributed by atoms with Crippen LogP contribution >= 0.6 is 0 Å². The summed E-state index contributed by atoms with van der Waals surface area (Å²) in [6, 6.07) is 0.286. The molecule has 0 aromatic carbocycles. The van der Waals surface area contributed by atoms with Crippen molar-refractivity contribution < 1.29 is 0 Å². The fourth-order valence-corrected chi connectivity index (χ4v) is 1.34. The second kappa shape index (κ2) is 2.53. The van der Waals surface area contributed by atoms with Gasteiger partial charge in [-0.1, -0.05) is 19.1 Å². The Hall–Kier alpha value is -0.300. The summed E-state index contributed by atoms with van der Waals surface area (Å²) < 4.78 is 0. The molecule has 0 aromatic rings. The van der Waals surface area contributed by atoms with Crippen molar-refractivity contribution in [3.8, 4) is 0 Å². The summed E-state index contributed by atoms with van der Waals surface area (Å²) in [7, 11) is 0.